The third-order valence-corrected chi connectivity index (χ3v) is 4.66. The minimum atomic E-state index is 0.175. The van der Waals surface area contributed by atoms with Crippen molar-refractivity contribution in [3.63, 3.8) is 0 Å². The summed E-state index contributed by atoms with van der Waals surface area (Å²) >= 11 is 5.72. The summed E-state index contributed by atoms with van der Waals surface area (Å²) in [6.45, 7) is 3.66. The third-order valence-electron chi connectivity index (χ3n) is 4.48. The van der Waals surface area contributed by atoms with Crippen LogP contribution in [0.25, 0.3) is 0 Å². The van der Waals surface area contributed by atoms with Crippen LogP contribution in [0.5, 0.6) is 0 Å². The number of amides is 1. The van der Waals surface area contributed by atoms with Crippen LogP contribution in [0.2, 0.25) is 5.15 Å². The minimum absolute atomic E-state index is 0.175. The van der Waals surface area contributed by atoms with Gasteiger partial charge in [-0.05, 0) is 43.7 Å². The first kappa shape index (κ1) is 17.0. The molecule has 5 nitrogen and oxygen atoms in total. The minimum Gasteiger partial charge on any atom is -0.360 e. The van der Waals surface area contributed by atoms with Gasteiger partial charge in [0.25, 0.3) is 0 Å². The lowest BCUT2D eigenvalue weighted by Gasteiger charge is -2.33. The highest BCUT2D eigenvalue weighted by Gasteiger charge is 2.24. The summed E-state index contributed by atoms with van der Waals surface area (Å²) in [6.07, 6.45) is 6.13. The maximum atomic E-state index is 12.4. The highest BCUT2D eigenvalue weighted by atomic mass is 35.5. The molecule has 3 heterocycles. The topological polar surface area (TPSA) is 59.2 Å². The summed E-state index contributed by atoms with van der Waals surface area (Å²) in [7, 11) is 0. The lowest BCUT2D eigenvalue weighted by Crippen LogP contribution is -2.40. The SMILES string of the molecule is Cc1ccc(C[C@H]2CCCN(C(=O)CCc3cc(Cl)no3)C2)cn1. The van der Waals surface area contributed by atoms with Crippen LogP contribution in [-0.4, -0.2) is 34.0 Å². The van der Waals surface area contributed by atoms with E-state index in [0.29, 0.717) is 29.7 Å². The number of halogens is 1. The predicted molar refractivity (Wildman–Crippen MR) is 91.8 cm³/mol. The van der Waals surface area contributed by atoms with E-state index in [1.54, 1.807) is 6.07 Å². The van der Waals surface area contributed by atoms with E-state index >= 15 is 0 Å². The molecule has 1 amide bonds. The van der Waals surface area contributed by atoms with E-state index in [0.717, 1.165) is 38.0 Å². The number of carbonyl (C=O) groups is 1. The molecule has 0 spiro atoms. The molecule has 0 aliphatic carbocycles. The fourth-order valence-corrected chi connectivity index (χ4v) is 3.36. The smallest absolute Gasteiger partial charge is 0.223 e. The molecule has 0 unspecified atom stereocenters. The molecule has 1 aliphatic rings. The summed E-state index contributed by atoms with van der Waals surface area (Å²) in [5.74, 6) is 1.34. The summed E-state index contributed by atoms with van der Waals surface area (Å²) in [6, 6.07) is 5.85. The Bertz CT molecular complexity index is 684. The summed E-state index contributed by atoms with van der Waals surface area (Å²) in [5, 5.41) is 3.97. The van der Waals surface area contributed by atoms with Gasteiger partial charge in [0.2, 0.25) is 5.91 Å². The second-order valence-corrected chi connectivity index (χ2v) is 6.86. The summed E-state index contributed by atoms with van der Waals surface area (Å²) in [5.41, 5.74) is 2.28. The van der Waals surface area contributed by atoms with Crippen LogP contribution in [0, 0.1) is 12.8 Å². The Kier molecular flexibility index (Phi) is 5.51. The first-order valence-corrected chi connectivity index (χ1v) is 8.78. The van der Waals surface area contributed by atoms with Crippen molar-refractivity contribution in [2.45, 2.75) is 39.0 Å². The van der Waals surface area contributed by atoms with E-state index in [4.69, 9.17) is 16.1 Å². The number of aromatic nitrogens is 2. The fraction of sp³-hybridized carbons (Fsp3) is 0.500. The molecule has 1 fully saturated rings. The molecule has 0 aromatic carbocycles. The molecule has 128 valence electrons. The number of rotatable bonds is 5. The van der Waals surface area contributed by atoms with Crippen molar-refractivity contribution < 1.29 is 9.32 Å². The standard InChI is InChI=1S/C18H22ClN3O2/c1-13-4-5-14(11-20-13)9-15-3-2-8-22(12-15)18(23)7-6-16-10-17(19)21-24-16/h4-5,10-11,15H,2-3,6-9,12H2,1H3/t15-/m1/s1. The van der Waals surface area contributed by atoms with Crippen molar-refractivity contribution in [3.05, 3.63) is 46.6 Å². The first-order chi connectivity index (χ1) is 11.6. The summed E-state index contributed by atoms with van der Waals surface area (Å²) < 4.78 is 5.05. The molecule has 2 aromatic heterocycles. The number of piperidine rings is 1. The number of nitrogens with zero attached hydrogens (tertiary/aromatic N) is 3. The van der Waals surface area contributed by atoms with E-state index in [9.17, 15) is 4.79 Å². The van der Waals surface area contributed by atoms with Crippen molar-refractivity contribution >= 4 is 17.5 Å². The van der Waals surface area contributed by atoms with Gasteiger partial charge < -0.3 is 9.42 Å². The second kappa shape index (κ2) is 7.79. The Morgan fingerprint density at radius 3 is 3.04 bits per heavy atom. The molecule has 1 atom stereocenters. The van der Waals surface area contributed by atoms with Crippen LogP contribution >= 0.6 is 11.6 Å². The maximum absolute atomic E-state index is 12.4. The molecule has 0 saturated carbocycles. The molecular formula is C18H22ClN3O2. The van der Waals surface area contributed by atoms with Crippen molar-refractivity contribution in [1.29, 1.82) is 0 Å². The van der Waals surface area contributed by atoms with E-state index < -0.39 is 0 Å². The number of hydrogen-bond donors (Lipinski definition) is 0. The normalized spacial score (nSPS) is 17.9. The Labute approximate surface area is 147 Å². The monoisotopic (exact) mass is 347 g/mol. The highest BCUT2D eigenvalue weighted by molar-refractivity contribution is 6.29. The van der Waals surface area contributed by atoms with Crippen LogP contribution in [0.15, 0.2) is 28.9 Å². The zero-order chi connectivity index (χ0) is 16.9. The van der Waals surface area contributed by atoms with Gasteiger partial charge in [-0.15, -0.1) is 0 Å². The number of hydrogen-bond acceptors (Lipinski definition) is 4. The van der Waals surface area contributed by atoms with Gasteiger partial charge in [-0.1, -0.05) is 22.8 Å². The average molecular weight is 348 g/mol. The second-order valence-electron chi connectivity index (χ2n) is 6.48. The van der Waals surface area contributed by atoms with Crippen molar-refractivity contribution in [3.8, 4) is 0 Å². The molecule has 0 bridgehead atoms. The van der Waals surface area contributed by atoms with Crippen molar-refractivity contribution in [2.24, 2.45) is 5.92 Å². The van der Waals surface area contributed by atoms with Gasteiger partial charge in [-0.2, -0.15) is 0 Å². The van der Waals surface area contributed by atoms with Gasteiger partial charge in [0.05, 0.1) is 0 Å². The van der Waals surface area contributed by atoms with Crippen LogP contribution in [0.1, 0.15) is 36.3 Å². The number of likely N-dealkylation sites (tertiary alicyclic amines) is 1. The molecule has 2 aromatic rings. The molecular weight excluding hydrogens is 326 g/mol. The van der Waals surface area contributed by atoms with Gasteiger partial charge in [0.15, 0.2) is 5.15 Å². The molecule has 6 heteroatoms. The van der Waals surface area contributed by atoms with Gasteiger partial charge >= 0.3 is 0 Å². The molecule has 0 N–H and O–H groups in total. The van der Waals surface area contributed by atoms with Gasteiger partial charge in [0, 0.05) is 43.9 Å². The van der Waals surface area contributed by atoms with E-state index in [1.165, 1.54) is 5.56 Å². The lowest BCUT2D eigenvalue weighted by molar-refractivity contribution is -0.133. The van der Waals surface area contributed by atoms with Crippen LogP contribution < -0.4 is 0 Å². The largest absolute Gasteiger partial charge is 0.360 e. The number of aryl methyl sites for hydroxylation is 2. The molecule has 1 aliphatic heterocycles. The Morgan fingerprint density at radius 2 is 2.33 bits per heavy atom. The first-order valence-electron chi connectivity index (χ1n) is 8.40. The highest BCUT2D eigenvalue weighted by Crippen LogP contribution is 2.22. The molecule has 3 rings (SSSR count). The Morgan fingerprint density at radius 1 is 1.46 bits per heavy atom. The van der Waals surface area contributed by atoms with Crippen molar-refractivity contribution in [1.82, 2.24) is 15.0 Å². The van der Waals surface area contributed by atoms with E-state index in [2.05, 4.69) is 16.2 Å². The Balaban J connectivity index is 1.50. The average Bonchev–Trinajstić information content (AvgIpc) is 3.00. The zero-order valence-electron chi connectivity index (χ0n) is 13.9. The van der Waals surface area contributed by atoms with Crippen LogP contribution in [-0.2, 0) is 17.6 Å². The van der Waals surface area contributed by atoms with E-state index in [1.807, 2.05) is 24.1 Å². The van der Waals surface area contributed by atoms with Crippen LogP contribution in [0.3, 0.4) is 0 Å². The van der Waals surface area contributed by atoms with Crippen molar-refractivity contribution in [2.75, 3.05) is 13.1 Å². The van der Waals surface area contributed by atoms with Gasteiger partial charge in [-0.25, -0.2) is 0 Å². The Hall–Kier alpha value is -1.88. The van der Waals surface area contributed by atoms with E-state index in [-0.39, 0.29) is 5.91 Å². The quantitative estimate of drug-likeness (QED) is 0.831. The molecule has 1 saturated heterocycles. The predicted octanol–water partition coefficient (Wildman–Crippen LogP) is 3.45. The van der Waals surface area contributed by atoms with Gasteiger partial charge in [0.1, 0.15) is 5.76 Å². The van der Waals surface area contributed by atoms with Crippen LogP contribution in [0.4, 0.5) is 0 Å². The maximum Gasteiger partial charge on any atom is 0.223 e. The molecule has 24 heavy (non-hydrogen) atoms. The fourth-order valence-electron chi connectivity index (χ4n) is 3.20. The number of pyridine rings is 1. The lowest BCUT2D eigenvalue weighted by atomic mass is 9.91. The molecule has 0 radical (unpaired) electrons. The zero-order valence-corrected chi connectivity index (χ0v) is 14.6. The third kappa shape index (κ3) is 4.57. The summed E-state index contributed by atoms with van der Waals surface area (Å²) in [4.78, 5) is 18.8. The van der Waals surface area contributed by atoms with Gasteiger partial charge in [-0.3, -0.25) is 9.78 Å². The number of carbonyl (C=O) groups excluding carboxylic acids is 1.